The zero-order valence-corrected chi connectivity index (χ0v) is 13.4. The third kappa shape index (κ3) is 6.47. The molecular weight excluding hydrogens is 300 g/mol. The van der Waals surface area contributed by atoms with Gasteiger partial charge in [0.25, 0.3) is 0 Å². The van der Waals surface area contributed by atoms with Gasteiger partial charge in [0.2, 0.25) is 20.0 Å². The van der Waals surface area contributed by atoms with E-state index in [0.717, 1.165) is 6.26 Å². The maximum absolute atomic E-state index is 11.9. The predicted octanol–water partition coefficient (Wildman–Crippen LogP) is 0.564. The summed E-state index contributed by atoms with van der Waals surface area (Å²) in [5.74, 6) is -0.174. The van der Waals surface area contributed by atoms with Crippen LogP contribution in [0.4, 0.5) is 0 Å². The molecule has 0 spiro atoms. The van der Waals surface area contributed by atoms with E-state index in [1.165, 1.54) is 0 Å². The van der Waals surface area contributed by atoms with Gasteiger partial charge in [-0.15, -0.1) is 0 Å². The highest BCUT2D eigenvalue weighted by molar-refractivity contribution is 7.89. The molecule has 0 aliphatic rings. The Labute approximate surface area is 120 Å². The van der Waals surface area contributed by atoms with Gasteiger partial charge in [0.1, 0.15) is 0 Å². The molecule has 114 valence electrons. The van der Waals surface area contributed by atoms with Crippen LogP contribution in [-0.4, -0.2) is 29.1 Å². The van der Waals surface area contributed by atoms with Crippen LogP contribution in [-0.2, 0) is 32.3 Å². The molecule has 0 bridgehead atoms. The molecule has 0 amide bonds. The molecule has 0 radical (unpaired) electrons. The van der Waals surface area contributed by atoms with Crippen LogP contribution < -0.4 is 9.44 Å². The van der Waals surface area contributed by atoms with Crippen molar-refractivity contribution >= 4 is 20.0 Å². The van der Waals surface area contributed by atoms with Gasteiger partial charge in [-0.2, -0.15) is 0 Å². The van der Waals surface area contributed by atoms with Gasteiger partial charge in [-0.25, -0.2) is 26.3 Å². The first-order valence-electron chi connectivity index (χ1n) is 6.10. The van der Waals surface area contributed by atoms with Crippen LogP contribution >= 0.6 is 0 Å². The minimum atomic E-state index is -3.44. The topological polar surface area (TPSA) is 92.3 Å². The molecule has 0 aliphatic carbocycles. The molecule has 0 unspecified atom stereocenters. The fourth-order valence-electron chi connectivity index (χ4n) is 1.69. The summed E-state index contributed by atoms with van der Waals surface area (Å²) >= 11 is 0. The molecule has 0 atom stereocenters. The predicted molar refractivity (Wildman–Crippen MR) is 79.0 cm³/mol. The van der Waals surface area contributed by atoms with E-state index in [-0.39, 0.29) is 18.3 Å². The fraction of sp³-hybridized carbons (Fsp3) is 0.500. The molecule has 0 aromatic heterocycles. The lowest BCUT2D eigenvalue weighted by atomic mass is 10.1. The quantitative estimate of drug-likeness (QED) is 0.768. The summed E-state index contributed by atoms with van der Waals surface area (Å²) in [6, 6.07) is 6.67. The Morgan fingerprint density at radius 3 is 2.10 bits per heavy atom. The second-order valence-electron chi connectivity index (χ2n) is 4.89. The maximum Gasteiger partial charge on any atom is 0.216 e. The van der Waals surface area contributed by atoms with E-state index in [1.807, 2.05) is 0 Å². The van der Waals surface area contributed by atoms with Crippen LogP contribution in [0, 0.1) is 0 Å². The second-order valence-corrected chi connectivity index (χ2v) is 8.48. The lowest BCUT2D eigenvalue weighted by Gasteiger charge is -2.12. The van der Waals surface area contributed by atoms with Crippen LogP contribution in [0.1, 0.15) is 25.0 Å². The summed E-state index contributed by atoms with van der Waals surface area (Å²) in [5.41, 5.74) is 1.23. The van der Waals surface area contributed by atoms with Crippen molar-refractivity contribution in [2.24, 2.45) is 0 Å². The zero-order valence-electron chi connectivity index (χ0n) is 11.8. The highest BCUT2D eigenvalue weighted by Crippen LogP contribution is 2.12. The van der Waals surface area contributed by atoms with E-state index in [2.05, 4.69) is 9.44 Å². The number of nitrogens with one attached hydrogen (secondary N) is 2. The third-order valence-electron chi connectivity index (χ3n) is 2.40. The van der Waals surface area contributed by atoms with Crippen LogP contribution in [0.5, 0.6) is 0 Å². The average molecular weight is 320 g/mol. The lowest BCUT2D eigenvalue weighted by molar-refractivity contribution is 0.568. The molecule has 1 aromatic rings. The van der Waals surface area contributed by atoms with Crippen molar-refractivity contribution in [2.45, 2.75) is 32.2 Å². The molecular formula is C12H20N2O4S2. The van der Waals surface area contributed by atoms with Gasteiger partial charge in [-0.05, 0) is 25.0 Å². The van der Waals surface area contributed by atoms with Crippen LogP contribution in [0.3, 0.4) is 0 Å². The Bertz CT molecular complexity index is 652. The maximum atomic E-state index is 11.9. The summed E-state index contributed by atoms with van der Waals surface area (Å²) in [6.45, 7) is 3.57. The highest BCUT2D eigenvalue weighted by Gasteiger charge is 2.15. The van der Waals surface area contributed by atoms with Crippen molar-refractivity contribution in [3.05, 3.63) is 35.4 Å². The van der Waals surface area contributed by atoms with Crippen LogP contribution in [0.2, 0.25) is 0 Å². The minimum absolute atomic E-state index is 0.0756. The Hall–Kier alpha value is -0.960. The van der Waals surface area contributed by atoms with Crippen molar-refractivity contribution in [1.82, 2.24) is 9.44 Å². The molecule has 20 heavy (non-hydrogen) atoms. The Balaban J connectivity index is 2.91. The van der Waals surface area contributed by atoms with Gasteiger partial charge >= 0.3 is 0 Å². The summed E-state index contributed by atoms with van der Waals surface area (Å²) < 4.78 is 50.9. The minimum Gasteiger partial charge on any atom is -0.213 e. The van der Waals surface area contributed by atoms with Crippen molar-refractivity contribution in [3.8, 4) is 0 Å². The second kappa shape index (κ2) is 6.66. The van der Waals surface area contributed by atoms with Crippen molar-refractivity contribution in [2.75, 3.05) is 6.26 Å². The molecule has 6 nitrogen and oxygen atoms in total. The third-order valence-corrected chi connectivity index (χ3v) is 4.59. The van der Waals surface area contributed by atoms with Gasteiger partial charge in [0, 0.05) is 12.6 Å². The Kier molecular flexibility index (Phi) is 5.69. The molecule has 0 heterocycles. The number of hydrogen-bond donors (Lipinski definition) is 2. The van der Waals surface area contributed by atoms with E-state index in [4.69, 9.17) is 0 Å². The van der Waals surface area contributed by atoms with Gasteiger partial charge in [0.05, 0.1) is 12.0 Å². The highest BCUT2D eigenvalue weighted by atomic mass is 32.2. The number of rotatable bonds is 7. The molecule has 0 aliphatic heterocycles. The first-order chi connectivity index (χ1) is 9.09. The lowest BCUT2D eigenvalue weighted by Crippen LogP contribution is -2.31. The summed E-state index contributed by atoms with van der Waals surface area (Å²) in [7, 11) is -6.75. The number of sulfonamides is 2. The normalized spacial score (nSPS) is 12.8. The first kappa shape index (κ1) is 17.1. The van der Waals surface area contributed by atoms with Crippen molar-refractivity contribution < 1.29 is 16.8 Å². The SMILES string of the molecule is CC(C)NS(=O)(=O)Cc1ccccc1CNS(C)(=O)=O. The smallest absolute Gasteiger partial charge is 0.213 e. The van der Waals surface area contributed by atoms with Crippen molar-refractivity contribution in [1.29, 1.82) is 0 Å². The average Bonchev–Trinajstić information content (AvgIpc) is 2.24. The summed E-state index contributed by atoms with van der Waals surface area (Å²) in [5, 5.41) is 0. The van der Waals surface area contributed by atoms with Crippen molar-refractivity contribution in [3.63, 3.8) is 0 Å². The van der Waals surface area contributed by atoms with E-state index >= 15 is 0 Å². The van der Waals surface area contributed by atoms with Gasteiger partial charge in [0.15, 0.2) is 0 Å². The number of benzene rings is 1. The van der Waals surface area contributed by atoms with Gasteiger partial charge in [-0.3, -0.25) is 0 Å². The molecule has 8 heteroatoms. The van der Waals surface area contributed by atoms with E-state index < -0.39 is 20.0 Å². The van der Waals surface area contributed by atoms with E-state index in [0.29, 0.717) is 11.1 Å². The van der Waals surface area contributed by atoms with Crippen LogP contribution in [0.15, 0.2) is 24.3 Å². The first-order valence-corrected chi connectivity index (χ1v) is 9.65. The molecule has 0 fully saturated rings. The number of hydrogen-bond acceptors (Lipinski definition) is 4. The standard InChI is InChI=1S/C12H20N2O4S2/c1-10(2)14-20(17,18)9-12-7-5-4-6-11(12)8-13-19(3,15)16/h4-7,10,13-14H,8-9H2,1-3H3. The van der Waals surface area contributed by atoms with E-state index in [1.54, 1.807) is 38.1 Å². The van der Waals surface area contributed by atoms with Gasteiger partial charge in [-0.1, -0.05) is 24.3 Å². The monoisotopic (exact) mass is 320 g/mol. The fourth-order valence-corrected chi connectivity index (χ4v) is 3.60. The summed E-state index contributed by atoms with van der Waals surface area (Å²) in [4.78, 5) is 0. The molecule has 1 aromatic carbocycles. The molecule has 1 rings (SSSR count). The van der Waals surface area contributed by atoms with E-state index in [9.17, 15) is 16.8 Å². The van der Waals surface area contributed by atoms with Gasteiger partial charge < -0.3 is 0 Å². The summed E-state index contributed by atoms with van der Waals surface area (Å²) in [6.07, 6.45) is 1.06. The largest absolute Gasteiger partial charge is 0.216 e. The molecule has 0 saturated carbocycles. The molecule has 0 saturated heterocycles. The van der Waals surface area contributed by atoms with Crippen LogP contribution in [0.25, 0.3) is 0 Å². The Morgan fingerprint density at radius 1 is 1.05 bits per heavy atom. The molecule has 2 N–H and O–H groups in total. The Morgan fingerprint density at radius 2 is 1.60 bits per heavy atom. The zero-order chi connectivity index (χ0) is 15.4.